The van der Waals surface area contributed by atoms with E-state index in [4.69, 9.17) is 5.26 Å². The van der Waals surface area contributed by atoms with Crippen LogP contribution in [0.5, 0.6) is 0 Å². The van der Waals surface area contributed by atoms with Crippen molar-refractivity contribution in [3.05, 3.63) is 35.6 Å². The van der Waals surface area contributed by atoms with Crippen molar-refractivity contribution in [2.24, 2.45) is 5.92 Å². The molecule has 0 spiro atoms. The highest BCUT2D eigenvalue weighted by Gasteiger charge is 2.58. The van der Waals surface area contributed by atoms with E-state index >= 15 is 0 Å². The summed E-state index contributed by atoms with van der Waals surface area (Å²) >= 11 is 0. The van der Waals surface area contributed by atoms with E-state index in [9.17, 15) is 12.8 Å². The van der Waals surface area contributed by atoms with Crippen molar-refractivity contribution < 1.29 is 12.8 Å². The third-order valence-electron chi connectivity index (χ3n) is 3.15. The number of sulfone groups is 1. The molecule has 1 fully saturated rings. The second kappa shape index (κ2) is 4.11. The van der Waals surface area contributed by atoms with Crippen molar-refractivity contribution in [3.63, 3.8) is 0 Å². The molecule has 0 N–H and O–H groups in total. The molecule has 5 heteroatoms. The molecular weight excluding hydrogens is 241 g/mol. The van der Waals surface area contributed by atoms with Crippen molar-refractivity contribution >= 4 is 9.84 Å². The first kappa shape index (κ1) is 12.1. The lowest BCUT2D eigenvalue weighted by molar-refractivity contribution is 0.594. The normalized spacial score (nSPS) is 27.5. The second-order valence-electron chi connectivity index (χ2n) is 4.15. The molecule has 0 amide bonds. The summed E-state index contributed by atoms with van der Waals surface area (Å²) in [5.74, 6) is -1.30. The average Bonchev–Trinajstić information content (AvgIpc) is 3.04. The molecule has 1 aliphatic rings. The van der Waals surface area contributed by atoms with Crippen LogP contribution in [0.1, 0.15) is 18.4 Å². The van der Waals surface area contributed by atoms with Gasteiger partial charge in [-0.05, 0) is 17.7 Å². The van der Waals surface area contributed by atoms with Crippen LogP contribution in [0.4, 0.5) is 4.39 Å². The molecule has 3 nitrogen and oxygen atoms in total. The minimum Gasteiger partial charge on any atom is -0.228 e. The smallest absolute Gasteiger partial charge is 0.154 e. The Hall–Kier alpha value is -1.41. The van der Waals surface area contributed by atoms with Gasteiger partial charge < -0.3 is 0 Å². The second-order valence-corrected chi connectivity index (χ2v) is 6.60. The molecule has 90 valence electrons. The molecule has 0 bridgehead atoms. The van der Waals surface area contributed by atoms with Gasteiger partial charge >= 0.3 is 0 Å². The van der Waals surface area contributed by atoms with E-state index in [0.29, 0.717) is 5.56 Å². The van der Waals surface area contributed by atoms with Gasteiger partial charge in [0.05, 0.1) is 17.2 Å². The monoisotopic (exact) mass is 253 g/mol. The van der Waals surface area contributed by atoms with Gasteiger partial charge in [-0.1, -0.05) is 19.1 Å². The van der Waals surface area contributed by atoms with Gasteiger partial charge in [-0.2, -0.15) is 5.26 Å². The zero-order valence-corrected chi connectivity index (χ0v) is 10.1. The topological polar surface area (TPSA) is 57.9 Å². The van der Waals surface area contributed by atoms with E-state index in [0.717, 1.165) is 0 Å². The van der Waals surface area contributed by atoms with E-state index in [2.05, 4.69) is 0 Å². The molecule has 0 saturated heterocycles. The van der Waals surface area contributed by atoms with Gasteiger partial charge in [0.15, 0.2) is 9.84 Å². The number of benzene rings is 1. The summed E-state index contributed by atoms with van der Waals surface area (Å²) in [6.07, 6.45) is 0. The Balaban J connectivity index is 2.34. The Morgan fingerprint density at radius 3 is 2.71 bits per heavy atom. The summed E-state index contributed by atoms with van der Waals surface area (Å²) in [6.45, 7) is 1.56. The molecule has 0 unspecified atom stereocenters. The van der Waals surface area contributed by atoms with Crippen molar-refractivity contribution in [1.82, 2.24) is 0 Å². The van der Waals surface area contributed by atoms with Crippen LogP contribution in [0, 0.1) is 23.1 Å². The molecule has 3 atom stereocenters. The van der Waals surface area contributed by atoms with Gasteiger partial charge in [-0.15, -0.1) is 0 Å². The highest BCUT2D eigenvalue weighted by molar-refractivity contribution is 7.92. The van der Waals surface area contributed by atoms with Gasteiger partial charge in [-0.25, -0.2) is 12.8 Å². The molecule has 1 aromatic rings. The first-order valence-corrected chi connectivity index (χ1v) is 7.09. The third-order valence-corrected chi connectivity index (χ3v) is 5.37. The first-order valence-electron chi connectivity index (χ1n) is 5.38. The minimum atomic E-state index is -3.24. The predicted molar refractivity (Wildman–Crippen MR) is 61.5 cm³/mol. The summed E-state index contributed by atoms with van der Waals surface area (Å²) in [5.41, 5.74) is 0.596. The van der Waals surface area contributed by atoms with E-state index < -0.39 is 26.8 Å². The largest absolute Gasteiger partial charge is 0.228 e. The van der Waals surface area contributed by atoms with Gasteiger partial charge in [0.2, 0.25) is 0 Å². The van der Waals surface area contributed by atoms with Crippen LogP contribution in [0.25, 0.3) is 0 Å². The predicted octanol–water partition coefficient (Wildman–Crippen LogP) is 1.87. The highest BCUT2D eigenvalue weighted by atomic mass is 32.2. The Labute approximate surface area is 99.8 Å². The highest BCUT2D eigenvalue weighted by Crippen LogP contribution is 2.52. The molecule has 0 radical (unpaired) electrons. The fraction of sp³-hybridized carbons (Fsp3) is 0.417. The maximum atomic E-state index is 13.1. The van der Waals surface area contributed by atoms with Crippen LogP contribution in [0.3, 0.4) is 0 Å². The van der Waals surface area contributed by atoms with E-state index in [1.807, 2.05) is 6.07 Å². The van der Waals surface area contributed by atoms with Crippen LogP contribution < -0.4 is 0 Å². The molecule has 0 aliphatic heterocycles. The van der Waals surface area contributed by atoms with Crippen LogP contribution in [-0.4, -0.2) is 19.4 Å². The lowest BCUT2D eigenvalue weighted by atomic mass is 10.1. The van der Waals surface area contributed by atoms with Gasteiger partial charge in [0.25, 0.3) is 0 Å². The number of nitriles is 1. The van der Waals surface area contributed by atoms with Crippen molar-refractivity contribution in [2.75, 3.05) is 5.75 Å². The van der Waals surface area contributed by atoms with E-state index in [1.54, 1.807) is 13.0 Å². The van der Waals surface area contributed by atoms with E-state index in [1.165, 1.54) is 18.2 Å². The number of hydrogen-bond donors (Lipinski definition) is 0. The summed E-state index contributed by atoms with van der Waals surface area (Å²) in [5, 5.41) is 8.26. The Kier molecular flexibility index (Phi) is 2.92. The summed E-state index contributed by atoms with van der Waals surface area (Å²) in [7, 11) is -3.24. The third kappa shape index (κ3) is 2.05. The first-order chi connectivity index (χ1) is 8.01. The standard InChI is InChI=1S/C12H12FNO2S/c1-2-17(15,16)12-10(7-14)11(12)8-4-3-5-9(13)6-8/h3-6,10-12H,2H2,1H3/t10-,11+,12+/m1/s1. The molecule has 0 heterocycles. The summed E-state index contributed by atoms with van der Waals surface area (Å²) < 4.78 is 36.6. The zero-order chi connectivity index (χ0) is 12.6. The minimum absolute atomic E-state index is 0.0155. The molecule has 1 saturated carbocycles. The molecule has 2 rings (SSSR count). The quantitative estimate of drug-likeness (QED) is 0.826. The molecule has 0 aromatic heterocycles. The van der Waals surface area contributed by atoms with E-state index in [-0.39, 0.29) is 11.7 Å². The maximum absolute atomic E-state index is 13.1. The molecule has 1 aromatic carbocycles. The van der Waals surface area contributed by atoms with Crippen molar-refractivity contribution in [3.8, 4) is 6.07 Å². The fourth-order valence-electron chi connectivity index (χ4n) is 2.19. The summed E-state index contributed by atoms with van der Waals surface area (Å²) in [6, 6.07) is 7.81. The summed E-state index contributed by atoms with van der Waals surface area (Å²) in [4.78, 5) is 0. The molecule has 1 aliphatic carbocycles. The Bertz CT molecular complexity index is 576. The number of halogens is 1. The van der Waals surface area contributed by atoms with Gasteiger partial charge in [-0.3, -0.25) is 0 Å². The van der Waals surface area contributed by atoms with Crippen LogP contribution in [0.2, 0.25) is 0 Å². The maximum Gasteiger partial charge on any atom is 0.154 e. The van der Waals surface area contributed by atoms with Gasteiger partial charge in [0, 0.05) is 11.7 Å². The van der Waals surface area contributed by atoms with Crippen LogP contribution in [-0.2, 0) is 9.84 Å². The lowest BCUT2D eigenvalue weighted by Gasteiger charge is -2.00. The molecular formula is C12H12FNO2S. The average molecular weight is 253 g/mol. The van der Waals surface area contributed by atoms with Crippen molar-refractivity contribution in [2.45, 2.75) is 18.1 Å². The fourth-order valence-corrected chi connectivity index (χ4v) is 3.93. The number of nitrogens with zero attached hydrogens (tertiary/aromatic N) is 1. The zero-order valence-electron chi connectivity index (χ0n) is 9.30. The SMILES string of the molecule is CCS(=O)(=O)[C@H]1[C@H](C#N)[C@@H]1c1cccc(F)c1. The lowest BCUT2D eigenvalue weighted by Crippen LogP contribution is -2.12. The van der Waals surface area contributed by atoms with Crippen LogP contribution >= 0.6 is 0 Å². The Morgan fingerprint density at radius 2 is 2.18 bits per heavy atom. The van der Waals surface area contributed by atoms with Crippen LogP contribution in [0.15, 0.2) is 24.3 Å². The van der Waals surface area contributed by atoms with Crippen molar-refractivity contribution in [1.29, 1.82) is 5.26 Å². The number of rotatable bonds is 3. The Morgan fingerprint density at radius 1 is 1.47 bits per heavy atom. The molecule has 17 heavy (non-hydrogen) atoms. The number of hydrogen-bond acceptors (Lipinski definition) is 3. The van der Waals surface area contributed by atoms with Gasteiger partial charge in [0.1, 0.15) is 5.82 Å².